The van der Waals surface area contributed by atoms with E-state index in [1.165, 1.54) is 32.1 Å². The Morgan fingerprint density at radius 2 is 2.05 bits per heavy atom. The first-order valence-electron chi connectivity index (χ1n) is 7.12. The summed E-state index contributed by atoms with van der Waals surface area (Å²) in [5, 5.41) is 0.945. The Labute approximate surface area is 132 Å². The average molecular weight is 349 g/mol. The molecule has 3 rings (SSSR count). The molecule has 5 heteroatoms. The zero-order valence-electron chi connectivity index (χ0n) is 11.9. The van der Waals surface area contributed by atoms with Crippen LogP contribution in [0.5, 0.6) is 0 Å². The maximum atomic E-state index is 11.8. The summed E-state index contributed by atoms with van der Waals surface area (Å²) < 4.78 is 5.54. The number of carbonyl (C=O) groups is 1. The van der Waals surface area contributed by atoms with E-state index in [4.69, 9.17) is 4.74 Å². The smallest absolute Gasteiger partial charge is 0.340 e. The molecule has 1 aliphatic rings. The highest BCUT2D eigenvalue weighted by Gasteiger charge is 2.16. The molecule has 4 nitrogen and oxygen atoms in total. The number of halogens is 1. The van der Waals surface area contributed by atoms with E-state index in [0.717, 1.165) is 28.5 Å². The van der Waals surface area contributed by atoms with E-state index < -0.39 is 0 Å². The topological polar surface area (TPSA) is 42.4 Å². The Balaban J connectivity index is 2.06. The van der Waals surface area contributed by atoms with Gasteiger partial charge in [0.05, 0.1) is 18.2 Å². The Morgan fingerprint density at radius 1 is 1.29 bits per heavy atom. The van der Waals surface area contributed by atoms with E-state index in [1.54, 1.807) is 6.20 Å². The Morgan fingerprint density at radius 3 is 2.76 bits per heavy atom. The van der Waals surface area contributed by atoms with Crippen LogP contribution in [0.3, 0.4) is 0 Å². The molecular weight excluding hydrogens is 332 g/mol. The molecule has 1 fully saturated rings. The molecule has 1 saturated heterocycles. The first kappa shape index (κ1) is 14.3. The molecular formula is C16H17BrN2O2. The second-order valence-electron chi connectivity index (χ2n) is 5.23. The predicted octanol–water partition coefficient (Wildman–Crippen LogP) is 3.77. The molecule has 0 saturated carbocycles. The highest BCUT2D eigenvalue weighted by Crippen LogP contribution is 2.31. The van der Waals surface area contributed by atoms with E-state index in [-0.39, 0.29) is 5.97 Å². The number of hydrogen-bond acceptors (Lipinski definition) is 4. The van der Waals surface area contributed by atoms with Crippen LogP contribution < -0.4 is 4.90 Å². The molecule has 1 aliphatic heterocycles. The van der Waals surface area contributed by atoms with Gasteiger partial charge in [0.25, 0.3) is 0 Å². The van der Waals surface area contributed by atoms with E-state index in [1.807, 2.05) is 6.07 Å². The summed E-state index contributed by atoms with van der Waals surface area (Å²) in [6.45, 7) is 2.18. The molecule has 110 valence electrons. The molecule has 1 aromatic carbocycles. The Kier molecular flexibility index (Phi) is 4.10. The number of rotatable bonds is 2. The van der Waals surface area contributed by atoms with Gasteiger partial charge in [0, 0.05) is 34.8 Å². The van der Waals surface area contributed by atoms with Gasteiger partial charge in [-0.1, -0.05) is 0 Å². The molecule has 0 atom stereocenters. The second-order valence-corrected chi connectivity index (χ2v) is 6.02. The molecule has 0 spiro atoms. The lowest BCUT2D eigenvalue weighted by atomic mass is 10.1. The molecule has 2 heterocycles. The molecule has 2 aromatic rings. The van der Waals surface area contributed by atoms with Crippen molar-refractivity contribution in [2.45, 2.75) is 19.3 Å². The maximum absolute atomic E-state index is 11.8. The summed E-state index contributed by atoms with van der Waals surface area (Å²) in [7, 11) is 1.38. The summed E-state index contributed by atoms with van der Waals surface area (Å²) in [6.07, 6.45) is 5.33. The van der Waals surface area contributed by atoms with Crippen LogP contribution in [0.25, 0.3) is 10.9 Å². The predicted molar refractivity (Wildman–Crippen MR) is 86.8 cm³/mol. The van der Waals surface area contributed by atoms with Gasteiger partial charge in [0.1, 0.15) is 0 Å². The van der Waals surface area contributed by atoms with Crippen LogP contribution in [-0.2, 0) is 4.74 Å². The average Bonchev–Trinajstić information content (AvgIpc) is 2.55. The van der Waals surface area contributed by atoms with Crippen molar-refractivity contribution in [3.63, 3.8) is 0 Å². The lowest BCUT2D eigenvalue weighted by Crippen LogP contribution is -2.29. The molecule has 1 aromatic heterocycles. The Hall–Kier alpha value is -1.62. The van der Waals surface area contributed by atoms with Crippen molar-refractivity contribution in [3.8, 4) is 0 Å². The molecule has 0 bridgehead atoms. The van der Waals surface area contributed by atoms with Gasteiger partial charge in [-0.2, -0.15) is 0 Å². The van der Waals surface area contributed by atoms with Crippen LogP contribution >= 0.6 is 15.9 Å². The number of piperidine rings is 1. The third-order valence-corrected chi connectivity index (χ3v) is 4.77. The highest BCUT2D eigenvalue weighted by molar-refractivity contribution is 9.10. The number of ether oxygens (including phenoxy) is 1. The minimum absolute atomic E-state index is 0.375. The largest absolute Gasteiger partial charge is 0.465 e. The van der Waals surface area contributed by atoms with Gasteiger partial charge in [-0.15, -0.1) is 0 Å². The first-order chi connectivity index (χ1) is 10.2. The van der Waals surface area contributed by atoms with Gasteiger partial charge < -0.3 is 9.64 Å². The van der Waals surface area contributed by atoms with Crippen molar-refractivity contribution >= 4 is 38.5 Å². The molecule has 0 radical (unpaired) electrons. The lowest BCUT2D eigenvalue weighted by molar-refractivity contribution is 0.0599. The second kappa shape index (κ2) is 6.02. The zero-order chi connectivity index (χ0) is 14.8. The van der Waals surface area contributed by atoms with Crippen molar-refractivity contribution in [3.05, 3.63) is 34.4 Å². The van der Waals surface area contributed by atoms with Crippen molar-refractivity contribution < 1.29 is 9.53 Å². The SMILES string of the molecule is COC(=O)c1cnc2ccc(N3CCCCC3)cc2c1Br. The monoisotopic (exact) mass is 348 g/mol. The fraction of sp³-hybridized carbons (Fsp3) is 0.375. The molecule has 0 unspecified atom stereocenters. The van der Waals surface area contributed by atoms with Gasteiger partial charge in [-0.25, -0.2) is 4.79 Å². The highest BCUT2D eigenvalue weighted by atomic mass is 79.9. The van der Waals surface area contributed by atoms with Gasteiger partial charge in [0.2, 0.25) is 0 Å². The maximum Gasteiger partial charge on any atom is 0.340 e. The summed E-state index contributed by atoms with van der Waals surface area (Å²) in [5.74, 6) is -0.375. The number of esters is 1. The number of benzene rings is 1. The number of carbonyl (C=O) groups excluding carboxylic acids is 1. The van der Waals surface area contributed by atoms with Gasteiger partial charge in [-0.05, 0) is 53.4 Å². The number of pyridine rings is 1. The number of anilines is 1. The van der Waals surface area contributed by atoms with Crippen LogP contribution in [0.4, 0.5) is 5.69 Å². The number of hydrogen-bond donors (Lipinski definition) is 0. The third kappa shape index (κ3) is 2.75. The quantitative estimate of drug-likeness (QED) is 0.774. The molecule has 21 heavy (non-hydrogen) atoms. The fourth-order valence-electron chi connectivity index (χ4n) is 2.75. The number of fused-ring (bicyclic) bond motifs is 1. The van der Waals surface area contributed by atoms with E-state index in [9.17, 15) is 4.79 Å². The van der Waals surface area contributed by atoms with Crippen molar-refractivity contribution in [1.82, 2.24) is 4.98 Å². The zero-order valence-corrected chi connectivity index (χ0v) is 13.5. The van der Waals surface area contributed by atoms with E-state index >= 15 is 0 Å². The summed E-state index contributed by atoms with van der Waals surface area (Å²) in [4.78, 5) is 18.5. The summed E-state index contributed by atoms with van der Waals surface area (Å²) in [6, 6.07) is 6.21. The van der Waals surface area contributed by atoms with Crippen LogP contribution in [0.2, 0.25) is 0 Å². The van der Waals surface area contributed by atoms with Gasteiger partial charge in [-0.3, -0.25) is 4.98 Å². The van der Waals surface area contributed by atoms with Gasteiger partial charge >= 0.3 is 5.97 Å². The first-order valence-corrected chi connectivity index (χ1v) is 7.91. The van der Waals surface area contributed by atoms with Gasteiger partial charge in [0.15, 0.2) is 0 Å². The van der Waals surface area contributed by atoms with Crippen molar-refractivity contribution in [2.24, 2.45) is 0 Å². The number of aromatic nitrogens is 1. The van der Waals surface area contributed by atoms with Crippen LogP contribution in [0.1, 0.15) is 29.6 Å². The van der Waals surface area contributed by atoms with Crippen LogP contribution in [0, 0.1) is 0 Å². The Bertz CT molecular complexity index is 681. The lowest BCUT2D eigenvalue weighted by Gasteiger charge is -2.29. The minimum atomic E-state index is -0.375. The van der Waals surface area contributed by atoms with Crippen molar-refractivity contribution in [1.29, 1.82) is 0 Å². The number of nitrogens with zero attached hydrogens (tertiary/aromatic N) is 2. The van der Waals surface area contributed by atoms with Crippen molar-refractivity contribution in [2.75, 3.05) is 25.1 Å². The summed E-state index contributed by atoms with van der Waals surface area (Å²) in [5.41, 5.74) is 2.52. The fourth-order valence-corrected chi connectivity index (χ4v) is 3.33. The van der Waals surface area contributed by atoms with E-state index in [2.05, 4.69) is 37.9 Å². The van der Waals surface area contributed by atoms with Crippen LogP contribution in [-0.4, -0.2) is 31.2 Å². The van der Waals surface area contributed by atoms with E-state index in [0.29, 0.717) is 5.56 Å². The molecule has 0 aliphatic carbocycles. The normalized spacial score (nSPS) is 15.2. The standard InChI is InChI=1S/C16H17BrN2O2/c1-21-16(20)13-10-18-14-6-5-11(9-12(14)15(13)17)19-7-3-2-4-8-19/h5-6,9-10H,2-4,7-8H2,1H3. The van der Waals surface area contributed by atoms with Crippen LogP contribution in [0.15, 0.2) is 28.9 Å². The number of methoxy groups -OCH3 is 1. The molecule has 0 amide bonds. The molecule has 0 N–H and O–H groups in total. The summed E-state index contributed by atoms with van der Waals surface area (Å²) >= 11 is 3.52. The third-order valence-electron chi connectivity index (χ3n) is 3.91. The minimum Gasteiger partial charge on any atom is -0.465 e.